The van der Waals surface area contributed by atoms with E-state index in [2.05, 4.69) is 10.3 Å². The smallest absolute Gasteiger partial charge is 0.135 e. The lowest BCUT2D eigenvalue weighted by molar-refractivity contribution is 0.475. The van der Waals surface area contributed by atoms with Gasteiger partial charge in [0.1, 0.15) is 17.1 Å². The van der Waals surface area contributed by atoms with E-state index in [1.54, 1.807) is 24.4 Å². The van der Waals surface area contributed by atoms with Gasteiger partial charge in [0.25, 0.3) is 0 Å². The number of nitrogens with one attached hydrogen (secondary N) is 1. The van der Waals surface area contributed by atoms with Crippen molar-refractivity contribution in [2.24, 2.45) is 0 Å². The maximum absolute atomic E-state index is 9.66. The van der Waals surface area contributed by atoms with Crippen LogP contribution in [0.5, 0.6) is 5.75 Å². The molecule has 5 heteroatoms. The number of aromatic nitrogens is 1. The van der Waals surface area contributed by atoms with Crippen molar-refractivity contribution in [1.82, 2.24) is 4.98 Å². The van der Waals surface area contributed by atoms with E-state index in [1.807, 2.05) is 60.7 Å². The van der Waals surface area contributed by atoms with E-state index in [4.69, 9.17) is 4.42 Å². The number of furan rings is 1. The topological polar surface area (TPSA) is 58.3 Å². The fraction of sp³-hybridized carbons (Fsp3) is 0. The molecule has 0 spiro atoms. The number of pyridine rings is 1. The van der Waals surface area contributed by atoms with Crippen LogP contribution >= 0.6 is 12.4 Å². The minimum Gasteiger partial charge on any atom is -0.508 e. The number of halogens is 1. The third kappa shape index (κ3) is 3.26. The van der Waals surface area contributed by atoms with Crippen molar-refractivity contribution in [3.8, 4) is 17.1 Å². The van der Waals surface area contributed by atoms with Gasteiger partial charge in [0.05, 0.1) is 5.52 Å². The van der Waals surface area contributed by atoms with Crippen molar-refractivity contribution in [3.63, 3.8) is 0 Å². The third-order valence-corrected chi connectivity index (χ3v) is 4.58. The molecule has 0 aliphatic rings. The number of hydrogen-bond acceptors (Lipinski definition) is 4. The van der Waals surface area contributed by atoms with Gasteiger partial charge in [0, 0.05) is 40.0 Å². The molecule has 0 bridgehead atoms. The quantitative estimate of drug-likeness (QED) is 0.369. The number of fused-ring (bicyclic) bond motifs is 2. The molecule has 3 aromatic carbocycles. The minimum atomic E-state index is 0. The predicted octanol–water partition coefficient (Wildman–Crippen LogP) is 6.52. The molecule has 2 aromatic heterocycles. The molecule has 5 rings (SSSR count). The summed E-state index contributed by atoms with van der Waals surface area (Å²) in [6.45, 7) is 0. The largest absolute Gasteiger partial charge is 0.508 e. The summed E-state index contributed by atoms with van der Waals surface area (Å²) >= 11 is 0. The van der Waals surface area contributed by atoms with Gasteiger partial charge in [0.15, 0.2) is 0 Å². The summed E-state index contributed by atoms with van der Waals surface area (Å²) in [6.07, 6.45) is 1.77. The maximum Gasteiger partial charge on any atom is 0.135 e. The Kier molecular flexibility index (Phi) is 4.63. The van der Waals surface area contributed by atoms with Gasteiger partial charge < -0.3 is 14.8 Å². The van der Waals surface area contributed by atoms with Crippen LogP contribution in [0.15, 0.2) is 89.5 Å². The molecule has 0 aliphatic heterocycles. The second-order valence-corrected chi connectivity index (χ2v) is 6.41. The lowest BCUT2D eigenvalue weighted by Gasteiger charge is -2.10. The zero-order chi connectivity index (χ0) is 18.2. The molecule has 0 aliphatic carbocycles. The molecule has 4 nitrogen and oxygen atoms in total. The first-order valence-electron chi connectivity index (χ1n) is 8.70. The number of anilines is 2. The summed E-state index contributed by atoms with van der Waals surface area (Å²) in [4.78, 5) is 4.51. The van der Waals surface area contributed by atoms with E-state index >= 15 is 0 Å². The van der Waals surface area contributed by atoms with Crippen molar-refractivity contribution in [2.75, 3.05) is 5.32 Å². The molecule has 2 heterocycles. The Morgan fingerprint density at radius 3 is 2.61 bits per heavy atom. The Morgan fingerprint density at radius 2 is 1.75 bits per heavy atom. The molecule has 2 N–H and O–H groups in total. The normalized spacial score (nSPS) is 10.7. The van der Waals surface area contributed by atoms with Gasteiger partial charge in [-0.3, -0.25) is 4.98 Å². The standard InChI is InChI=1S/C23H16N2O2.ClH/c26-18-6-3-5-17(14-18)25-20-10-11-24-21-12-16(8-9-19(20)21)23-13-15-4-1-2-7-22(15)27-23;/h1-14,26H,(H,24,25);1H. The highest BCUT2D eigenvalue weighted by Crippen LogP contribution is 2.32. The summed E-state index contributed by atoms with van der Waals surface area (Å²) < 4.78 is 5.97. The fourth-order valence-corrected chi connectivity index (χ4v) is 3.27. The second kappa shape index (κ2) is 7.25. The van der Waals surface area contributed by atoms with Crippen molar-refractivity contribution in [3.05, 3.63) is 85.1 Å². The zero-order valence-corrected chi connectivity index (χ0v) is 15.6. The first-order chi connectivity index (χ1) is 13.3. The van der Waals surface area contributed by atoms with Crippen molar-refractivity contribution < 1.29 is 9.52 Å². The number of para-hydroxylation sites is 1. The van der Waals surface area contributed by atoms with Crippen LogP contribution < -0.4 is 5.32 Å². The first kappa shape index (κ1) is 17.9. The van der Waals surface area contributed by atoms with E-state index < -0.39 is 0 Å². The van der Waals surface area contributed by atoms with Gasteiger partial charge >= 0.3 is 0 Å². The van der Waals surface area contributed by atoms with Crippen molar-refractivity contribution in [1.29, 1.82) is 0 Å². The highest BCUT2D eigenvalue weighted by atomic mass is 35.5. The van der Waals surface area contributed by atoms with E-state index in [-0.39, 0.29) is 18.2 Å². The molecule has 0 saturated heterocycles. The molecule has 0 radical (unpaired) electrons. The molecular weight excluding hydrogens is 372 g/mol. The lowest BCUT2D eigenvalue weighted by Crippen LogP contribution is -1.92. The lowest BCUT2D eigenvalue weighted by atomic mass is 10.1. The van der Waals surface area contributed by atoms with Crippen molar-refractivity contribution >= 4 is 45.7 Å². The van der Waals surface area contributed by atoms with Crippen LogP contribution in [0, 0.1) is 0 Å². The summed E-state index contributed by atoms with van der Waals surface area (Å²) in [5.74, 6) is 1.05. The van der Waals surface area contributed by atoms with Crippen LogP contribution in [0.25, 0.3) is 33.2 Å². The SMILES string of the molecule is Cl.Oc1cccc(Nc2ccnc3cc(-c4cc5ccccc5o4)ccc23)c1. The number of aromatic hydroxyl groups is 1. The molecule has 0 amide bonds. The van der Waals surface area contributed by atoms with Crippen molar-refractivity contribution in [2.45, 2.75) is 0 Å². The van der Waals surface area contributed by atoms with E-state index in [0.29, 0.717) is 0 Å². The molecule has 0 fully saturated rings. The zero-order valence-electron chi connectivity index (χ0n) is 14.8. The van der Waals surface area contributed by atoms with Crippen LogP contribution in [0.1, 0.15) is 0 Å². The number of benzene rings is 3. The first-order valence-corrected chi connectivity index (χ1v) is 8.70. The monoisotopic (exact) mass is 388 g/mol. The summed E-state index contributed by atoms with van der Waals surface area (Å²) in [6, 6.07) is 25.1. The number of rotatable bonds is 3. The van der Waals surface area contributed by atoms with Crippen LogP contribution in [0.3, 0.4) is 0 Å². The number of phenols is 1. The van der Waals surface area contributed by atoms with Gasteiger partial charge in [-0.25, -0.2) is 0 Å². The highest BCUT2D eigenvalue weighted by molar-refractivity contribution is 5.95. The molecule has 138 valence electrons. The highest BCUT2D eigenvalue weighted by Gasteiger charge is 2.09. The fourth-order valence-electron chi connectivity index (χ4n) is 3.27. The van der Waals surface area contributed by atoms with Gasteiger partial charge in [-0.1, -0.05) is 30.3 Å². The Morgan fingerprint density at radius 1 is 0.857 bits per heavy atom. The summed E-state index contributed by atoms with van der Waals surface area (Å²) in [5.41, 5.74) is 4.49. The number of nitrogens with zero attached hydrogens (tertiary/aromatic N) is 1. The molecule has 5 aromatic rings. The van der Waals surface area contributed by atoms with Crippen LogP contribution in [0.2, 0.25) is 0 Å². The van der Waals surface area contributed by atoms with Crippen LogP contribution in [0.4, 0.5) is 11.4 Å². The van der Waals surface area contributed by atoms with Crippen LogP contribution in [-0.2, 0) is 0 Å². The molecular formula is C23H17ClN2O2. The number of hydrogen-bond donors (Lipinski definition) is 2. The van der Waals surface area contributed by atoms with Crippen LogP contribution in [-0.4, -0.2) is 10.1 Å². The maximum atomic E-state index is 9.66. The molecule has 0 saturated carbocycles. The van der Waals surface area contributed by atoms with Gasteiger partial charge in [-0.15, -0.1) is 12.4 Å². The van der Waals surface area contributed by atoms with Gasteiger partial charge in [0.2, 0.25) is 0 Å². The van der Waals surface area contributed by atoms with Gasteiger partial charge in [-0.2, -0.15) is 0 Å². The van der Waals surface area contributed by atoms with E-state index in [1.165, 1.54) is 0 Å². The van der Waals surface area contributed by atoms with Gasteiger partial charge in [-0.05, 0) is 42.5 Å². The predicted molar refractivity (Wildman–Crippen MR) is 116 cm³/mol. The third-order valence-electron chi connectivity index (χ3n) is 4.58. The molecule has 28 heavy (non-hydrogen) atoms. The minimum absolute atomic E-state index is 0. The molecule has 0 unspecified atom stereocenters. The van der Waals surface area contributed by atoms with E-state index in [9.17, 15) is 5.11 Å². The average molecular weight is 389 g/mol. The molecule has 0 atom stereocenters. The average Bonchev–Trinajstić information content (AvgIpc) is 3.12. The second-order valence-electron chi connectivity index (χ2n) is 6.41. The Bertz CT molecular complexity index is 1250. The Labute approximate surface area is 167 Å². The Hall–Kier alpha value is -3.50. The summed E-state index contributed by atoms with van der Waals surface area (Å²) in [7, 11) is 0. The number of phenolic OH excluding ortho intramolecular Hbond substituents is 1. The van der Waals surface area contributed by atoms with E-state index in [0.717, 1.165) is 44.6 Å². The summed E-state index contributed by atoms with van der Waals surface area (Å²) in [5, 5.41) is 15.1. The Balaban J connectivity index is 0.00000192.